The normalized spacial score (nSPS) is 30.2. The van der Waals surface area contributed by atoms with Gasteiger partial charge in [0.2, 0.25) is 0 Å². The summed E-state index contributed by atoms with van der Waals surface area (Å²) in [6.45, 7) is 6.99. The van der Waals surface area contributed by atoms with Crippen molar-refractivity contribution in [2.75, 3.05) is 6.54 Å². The molecular weight excluding hydrogens is 162 g/mol. The lowest BCUT2D eigenvalue weighted by atomic mass is 9.64. The van der Waals surface area contributed by atoms with E-state index in [4.69, 9.17) is 0 Å². The number of rotatable bonds is 3. The van der Waals surface area contributed by atoms with Crippen LogP contribution in [0.15, 0.2) is 0 Å². The average molecular weight is 181 g/mol. The summed E-state index contributed by atoms with van der Waals surface area (Å²) in [5.74, 6) is 5.88. The first-order valence-corrected chi connectivity index (χ1v) is 4.90. The van der Waals surface area contributed by atoms with Gasteiger partial charge in [-0.15, -0.1) is 11.8 Å². The van der Waals surface area contributed by atoms with Crippen LogP contribution in [0.4, 0.5) is 0 Å². The number of hydrogen-bond acceptors (Lipinski definition) is 2. The van der Waals surface area contributed by atoms with Crippen LogP contribution in [-0.2, 0) is 0 Å². The highest BCUT2D eigenvalue weighted by Gasteiger charge is 2.46. The molecule has 1 saturated carbocycles. The van der Waals surface area contributed by atoms with E-state index in [1.54, 1.807) is 0 Å². The van der Waals surface area contributed by atoms with Crippen molar-refractivity contribution < 1.29 is 5.11 Å². The van der Waals surface area contributed by atoms with E-state index in [2.05, 4.69) is 31.0 Å². The molecule has 2 heteroatoms. The van der Waals surface area contributed by atoms with E-state index in [-0.39, 0.29) is 11.5 Å². The molecule has 0 saturated heterocycles. The minimum atomic E-state index is -0.137. The topological polar surface area (TPSA) is 32.3 Å². The first kappa shape index (κ1) is 10.6. The summed E-state index contributed by atoms with van der Waals surface area (Å²) in [5.41, 5.74) is 0.0413. The molecule has 0 bridgehead atoms. The third-order valence-corrected chi connectivity index (χ3v) is 3.03. The van der Waals surface area contributed by atoms with Crippen molar-refractivity contribution in [1.82, 2.24) is 5.32 Å². The summed E-state index contributed by atoms with van der Waals surface area (Å²) < 4.78 is 0. The molecule has 0 radical (unpaired) electrons. The van der Waals surface area contributed by atoms with E-state index in [9.17, 15) is 5.11 Å². The molecule has 0 aromatic rings. The highest BCUT2D eigenvalue weighted by Crippen LogP contribution is 2.40. The fourth-order valence-corrected chi connectivity index (χ4v) is 1.68. The van der Waals surface area contributed by atoms with Gasteiger partial charge in [0.1, 0.15) is 0 Å². The molecule has 0 amide bonds. The van der Waals surface area contributed by atoms with E-state index in [1.165, 1.54) is 0 Å². The van der Waals surface area contributed by atoms with E-state index in [0.717, 1.165) is 19.4 Å². The molecule has 0 aromatic carbocycles. The summed E-state index contributed by atoms with van der Waals surface area (Å²) >= 11 is 0. The van der Waals surface area contributed by atoms with Crippen molar-refractivity contribution in [2.45, 2.75) is 45.8 Å². The largest absolute Gasteiger partial charge is 0.392 e. The molecule has 2 unspecified atom stereocenters. The Kier molecular flexibility index (Phi) is 3.35. The van der Waals surface area contributed by atoms with Crippen molar-refractivity contribution in [3.05, 3.63) is 0 Å². The van der Waals surface area contributed by atoms with Crippen molar-refractivity contribution in [1.29, 1.82) is 0 Å². The molecule has 1 rings (SSSR count). The second-order valence-corrected chi connectivity index (χ2v) is 4.26. The predicted molar refractivity (Wildman–Crippen MR) is 54.3 cm³/mol. The van der Waals surface area contributed by atoms with Gasteiger partial charge in [-0.25, -0.2) is 0 Å². The lowest BCUT2D eigenvalue weighted by molar-refractivity contribution is -0.0719. The molecule has 0 aliphatic heterocycles. The maximum Gasteiger partial charge on any atom is 0.0621 e. The van der Waals surface area contributed by atoms with Crippen LogP contribution >= 0.6 is 0 Å². The van der Waals surface area contributed by atoms with Crippen molar-refractivity contribution in [3.63, 3.8) is 0 Å². The minimum absolute atomic E-state index is 0.0413. The number of aliphatic hydroxyl groups is 1. The highest BCUT2D eigenvalue weighted by atomic mass is 16.3. The maximum absolute atomic E-state index is 9.48. The first-order valence-electron chi connectivity index (χ1n) is 4.90. The molecule has 2 nitrogen and oxygen atoms in total. The molecule has 74 valence electrons. The SMILES string of the molecule is CC#CCCNC1CC(O)C1(C)C. The Hall–Kier alpha value is -0.520. The van der Waals surface area contributed by atoms with Crippen molar-refractivity contribution in [3.8, 4) is 11.8 Å². The van der Waals surface area contributed by atoms with Crippen LogP contribution in [0.2, 0.25) is 0 Å². The smallest absolute Gasteiger partial charge is 0.0621 e. The third-order valence-electron chi connectivity index (χ3n) is 3.03. The molecule has 0 spiro atoms. The van der Waals surface area contributed by atoms with Crippen molar-refractivity contribution >= 4 is 0 Å². The third kappa shape index (κ3) is 2.24. The van der Waals surface area contributed by atoms with Gasteiger partial charge in [-0.3, -0.25) is 0 Å². The van der Waals surface area contributed by atoms with Crippen LogP contribution in [0.1, 0.15) is 33.6 Å². The Bertz CT molecular complexity index is 224. The molecule has 2 atom stereocenters. The fraction of sp³-hybridized carbons (Fsp3) is 0.818. The molecule has 0 heterocycles. The average Bonchev–Trinajstić information content (AvgIpc) is 2.10. The van der Waals surface area contributed by atoms with E-state index in [1.807, 2.05) is 6.92 Å². The monoisotopic (exact) mass is 181 g/mol. The number of hydrogen-bond donors (Lipinski definition) is 2. The molecule has 1 fully saturated rings. The predicted octanol–water partition coefficient (Wildman–Crippen LogP) is 1.15. The zero-order valence-electron chi connectivity index (χ0n) is 8.72. The Balaban J connectivity index is 2.20. The van der Waals surface area contributed by atoms with Gasteiger partial charge in [0.25, 0.3) is 0 Å². The van der Waals surface area contributed by atoms with Gasteiger partial charge in [0, 0.05) is 24.4 Å². The quantitative estimate of drug-likeness (QED) is 0.505. The fourth-order valence-electron chi connectivity index (χ4n) is 1.68. The zero-order chi connectivity index (χ0) is 9.90. The van der Waals surface area contributed by atoms with Crippen LogP contribution in [0, 0.1) is 17.3 Å². The van der Waals surface area contributed by atoms with Crippen LogP contribution in [-0.4, -0.2) is 23.8 Å². The Labute approximate surface area is 80.7 Å². The summed E-state index contributed by atoms with van der Waals surface area (Å²) in [4.78, 5) is 0. The summed E-state index contributed by atoms with van der Waals surface area (Å²) in [6, 6.07) is 0.459. The second-order valence-electron chi connectivity index (χ2n) is 4.26. The second kappa shape index (κ2) is 4.13. The molecule has 1 aliphatic rings. The molecular formula is C11H19NO. The number of aliphatic hydroxyl groups excluding tert-OH is 1. The summed E-state index contributed by atoms with van der Waals surface area (Å²) in [6.07, 6.45) is 1.65. The van der Waals surface area contributed by atoms with Crippen molar-refractivity contribution in [2.24, 2.45) is 5.41 Å². The van der Waals surface area contributed by atoms with Gasteiger partial charge in [-0.1, -0.05) is 13.8 Å². The van der Waals surface area contributed by atoms with Gasteiger partial charge in [0.05, 0.1) is 6.10 Å². The Morgan fingerprint density at radius 2 is 2.23 bits per heavy atom. The molecule has 1 aliphatic carbocycles. The van der Waals surface area contributed by atoms with Crippen LogP contribution in [0.5, 0.6) is 0 Å². The van der Waals surface area contributed by atoms with Gasteiger partial charge >= 0.3 is 0 Å². The Morgan fingerprint density at radius 1 is 1.54 bits per heavy atom. The van der Waals surface area contributed by atoms with E-state index < -0.39 is 0 Å². The van der Waals surface area contributed by atoms with E-state index in [0.29, 0.717) is 6.04 Å². The zero-order valence-corrected chi connectivity index (χ0v) is 8.72. The van der Waals surface area contributed by atoms with Crippen LogP contribution in [0.25, 0.3) is 0 Å². The molecule has 0 aromatic heterocycles. The number of nitrogens with one attached hydrogen (secondary N) is 1. The minimum Gasteiger partial charge on any atom is -0.392 e. The van der Waals surface area contributed by atoms with Gasteiger partial charge in [-0.2, -0.15) is 0 Å². The van der Waals surface area contributed by atoms with E-state index >= 15 is 0 Å². The standard InChI is InChI=1S/C11H19NO/c1-4-5-6-7-12-9-8-10(13)11(9,2)3/h9-10,12-13H,6-8H2,1-3H3. The maximum atomic E-state index is 9.48. The Morgan fingerprint density at radius 3 is 2.69 bits per heavy atom. The summed E-state index contributed by atoms with van der Waals surface area (Å²) in [5, 5.41) is 12.9. The lowest BCUT2D eigenvalue weighted by Crippen LogP contribution is -2.60. The first-order chi connectivity index (χ1) is 6.09. The highest BCUT2D eigenvalue weighted by molar-refractivity contribution is 5.02. The van der Waals surface area contributed by atoms with Gasteiger partial charge in [0.15, 0.2) is 0 Å². The molecule has 2 N–H and O–H groups in total. The van der Waals surface area contributed by atoms with Crippen LogP contribution in [0.3, 0.4) is 0 Å². The van der Waals surface area contributed by atoms with Crippen LogP contribution < -0.4 is 5.32 Å². The van der Waals surface area contributed by atoms with Gasteiger partial charge in [-0.05, 0) is 13.3 Å². The lowest BCUT2D eigenvalue weighted by Gasteiger charge is -2.49. The van der Waals surface area contributed by atoms with Gasteiger partial charge < -0.3 is 10.4 Å². The molecule has 13 heavy (non-hydrogen) atoms. The summed E-state index contributed by atoms with van der Waals surface area (Å²) in [7, 11) is 0.